The monoisotopic (exact) mass is 241 g/mol. The number of amides is 1. The fraction of sp³-hybridized carbons (Fsp3) is 0.667. The van der Waals surface area contributed by atoms with E-state index in [0.717, 1.165) is 4.90 Å². The van der Waals surface area contributed by atoms with Gasteiger partial charge in [0.05, 0.1) is 0 Å². The molecule has 1 rings (SSSR count). The molecule has 5 heteroatoms. The Balaban J connectivity index is 3.25. The molecular formula is C12H19NO4. The molecule has 17 heavy (non-hydrogen) atoms. The summed E-state index contributed by atoms with van der Waals surface area (Å²) < 4.78 is 0. The molecule has 0 saturated carbocycles. The molecule has 1 heterocycles. The summed E-state index contributed by atoms with van der Waals surface area (Å²) in [5.74, 6) is -1.40. The Hall–Kier alpha value is -1.52. The van der Waals surface area contributed by atoms with Crippen molar-refractivity contribution in [2.75, 3.05) is 0 Å². The quantitative estimate of drug-likeness (QED) is 0.778. The summed E-state index contributed by atoms with van der Waals surface area (Å²) in [6, 6.07) is 0. The molecule has 0 fully saturated rings. The topological polar surface area (TPSA) is 77.8 Å². The van der Waals surface area contributed by atoms with Crippen molar-refractivity contribution in [1.82, 2.24) is 4.90 Å². The third kappa shape index (κ3) is 2.01. The van der Waals surface area contributed by atoms with Gasteiger partial charge in [-0.1, -0.05) is 33.8 Å². The van der Waals surface area contributed by atoms with Gasteiger partial charge in [0.25, 0.3) is 0 Å². The van der Waals surface area contributed by atoms with E-state index in [1.807, 2.05) is 20.8 Å². The molecular weight excluding hydrogens is 222 g/mol. The number of aliphatic carboxylic acids is 1. The summed E-state index contributed by atoms with van der Waals surface area (Å²) in [5, 5.41) is 18.6. The zero-order valence-electron chi connectivity index (χ0n) is 10.6. The third-order valence-electron chi connectivity index (χ3n) is 3.71. The molecule has 0 spiro atoms. The zero-order chi connectivity index (χ0) is 13.4. The number of carboxylic acids is 1. The van der Waals surface area contributed by atoms with Crippen LogP contribution in [0.5, 0.6) is 0 Å². The van der Waals surface area contributed by atoms with E-state index in [1.165, 1.54) is 6.20 Å². The minimum atomic E-state index is -1.38. The average Bonchev–Trinajstić information content (AvgIpc) is 2.59. The van der Waals surface area contributed by atoms with Crippen molar-refractivity contribution in [3.63, 3.8) is 0 Å². The van der Waals surface area contributed by atoms with E-state index in [1.54, 1.807) is 13.0 Å². The van der Waals surface area contributed by atoms with Gasteiger partial charge in [-0.2, -0.15) is 0 Å². The van der Waals surface area contributed by atoms with Crippen molar-refractivity contribution in [2.24, 2.45) is 11.3 Å². The van der Waals surface area contributed by atoms with Gasteiger partial charge < -0.3 is 10.2 Å². The van der Waals surface area contributed by atoms with Crippen LogP contribution in [-0.4, -0.2) is 32.7 Å². The van der Waals surface area contributed by atoms with Crippen LogP contribution in [0, 0.1) is 11.3 Å². The molecule has 1 aliphatic heterocycles. The largest absolute Gasteiger partial charge is 0.479 e. The Bertz CT molecular complexity index is 369. The van der Waals surface area contributed by atoms with Gasteiger partial charge in [0.15, 0.2) is 5.54 Å². The highest BCUT2D eigenvalue weighted by atomic mass is 16.4. The van der Waals surface area contributed by atoms with E-state index in [9.17, 15) is 14.7 Å². The molecule has 0 aromatic rings. The Morgan fingerprint density at radius 3 is 2.24 bits per heavy atom. The van der Waals surface area contributed by atoms with E-state index in [4.69, 9.17) is 5.11 Å². The molecule has 0 aliphatic carbocycles. The molecule has 1 amide bonds. The Kier molecular flexibility index (Phi) is 3.23. The van der Waals surface area contributed by atoms with Gasteiger partial charge in [-0.25, -0.2) is 9.59 Å². The minimum absolute atomic E-state index is 0.215. The van der Waals surface area contributed by atoms with Crippen molar-refractivity contribution in [2.45, 2.75) is 39.7 Å². The number of rotatable bonds is 2. The number of hydrogen-bond acceptors (Lipinski definition) is 2. The van der Waals surface area contributed by atoms with E-state index >= 15 is 0 Å². The van der Waals surface area contributed by atoms with Gasteiger partial charge in [-0.3, -0.25) is 4.90 Å². The summed E-state index contributed by atoms with van der Waals surface area (Å²) in [7, 11) is 0. The maximum atomic E-state index is 11.6. The highest BCUT2D eigenvalue weighted by Gasteiger charge is 2.55. The molecule has 96 valence electrons. The lowest BCUT2D eigenvalue weighted by atomic mass is 9.68. The Morgan fingerprint density at radius 2 is 1.88 bits per heavy atom. The van der Waals surface area contributed by atoms with Crippen molar-refractivity contribution in [1.29, 1.82) is 0 Å². The summed E-state index contributed by atoms with van der Waals surface area (Å²) in [6.45, 7) is 7.54. The molecule has 0 unspecified atom stereocenters. The first-order chi connectivity index (χ1) is 7.64. The van der Waals surface area contributed by atoms with Crippen LogP contribution in [0.4, 0.5) is 4.79 Å². The number of carboxylic acid groups (broad SMARTS) is 2. The van der Waals surface area contributed by atoms with Crippen LogP contribution in [0.3, 0.4) is 0 Å². The minimum Gasteiger partial charge on any atom is -0.479 e. The second-order valence-electron chi connectivity index (χ2n) is 5.56. The average molecular weight is 241 g/mol. The second kappa shape index (κ2) is 4.05. The summed E-state index contributed by atoms with van der Waals surface area (Å²) >= 11 is 0. The maximum absolute atomic E-state index is 11.6. The van der Waals surface area contributed by atoms with Gasteiger partial charge in [0, 0.05) is 12.6 Å². The molecule has 2 N–H and O–H groups in total. The summed E-state index contributed by atoms with van der Waals surface area (Å²) in [4.78, 5) is 23.7. The smallest absolute Gasteiger partial charge is 0.412 e. The molecule has 1 aliphatic rings. The van der Waals surface area contributed by atoms with Crippen LogP contribution in [0.25, 0.3) is 0 Å². The van der Waals surface area contributed by atoms with Crippen LogP contribution >= 0.6 is 0 Å². The maximum Gasteiger partial charge on any atom is 0.412 e. The highest BCUT2D eigenvalue weighted by molar-refractivity contribution is 5.86. The first-order valence-corrected chi connectivity index (χ1v) is 5.56. The number of carbonyl (C=O) groups is 2. The van der Waals surface area contributed by atoms with Crippen LogP contribution in [0.1, 0.15) is 34.1 Å². The van der Waals surface area contributed by atoms with Gasteiger partial charge >= 0.3 is 12.1 Å². The molecule has 2 atom stereocenters. The van der Waals surface area contributed by atoms with Crippen LogP contribution in [0.2, 0.25) is 0 Å². The molecule has 0 saturated heterocycles. The van der Waals surface area contributed by atoms with E-state index < -0.39 is 17.6 Å². The lowest BCUT2D eigenvalue weighted by Gasteiger charge is -2.43. The molecule has 0 aromatic heterocycles. The van der Waals surface area contributed by atoms with Crippen molar-refractivity contribution >= 4 is 12.1 Å². The lowest BCUT2D eigenvalue weighted by Crippen LogP contribution is -2.59. The van der Waals surface area contributed by atoms with Crippen LogP contribution in [-0.2, 0) is 4.79 Å². The van der Waals surface area contributed by atoms with E-state index in [2.05, 4.69) is 0 Å². The fourth-order valence-electron chi connectivity index (χ4n) is 2.28. The molecule has 5 nitrogen and oxygen atoms in total. The van der Waals surface area contributed by atoms with Crippen molar-refractivity contribution in [3.8, 4) is 0 Å². The Labute approximate surface area is 101 Å². The van der Waals surface area contributed by atoms with Gasteiger partial charge in [0.1, 0.15) is 0 Å². The van der Waals surface area contributed by atoms with E-state index in [0.29, 0.717) is 0 Å². The zero-order valence-corrected chi connectivity index (χ0v) is 10.6. The van der Waals surface area contributed by atoms with Crippen LogP contribution < -0.4 is 0 Å². The second-order valence-corrected chi connectivity index (χ2v) is 5.56. The first kappa shape index (κ1) is 13.5. The number of hydrogen-bond donors (Lipinski definition) is 2. The summed E-state index contributed by atoms with van der Waals surface area (Å²) in [6.07, 6.45) is 1.94. The van der Waals surface area contributed by atoms with Crippen molar-refractivity contribution < 1.29 is 19.8 Å². The van der Waals surface area contributed by atoms with E-state index in [-0.39, 0.29) is 17.8 Å². The fourth-order valence-corrected chi connectivity index (χ4v) is 2.28. The molecule has 0 aromatic carbocycles. The van der Waals surface area contributed by atoms with Crippen molar-refractivity contribution in [3.05, 3.63) is 12.3 Å². The van der Waals surface area contributed by atoms with Gasteiger partial charge in [0.2, 0.25) is 0 Å². The van der Waals surface area contributed by atoms with Crippen LogP contribution in [0.15, 0.2) is 12.3 Å². The first-order valence-electron chi connectivity index (χ1n) is 5.56. The predicted octanol–water partition coefficient (Wildman–Crippen LogP) is 2.39. The number of nitrogens with zero attached hydrogens (tertiary/aromatic N) is 1. The molecule has 0 radical (unpaired) electrons. The SMILES string of the molecule is C[C@H](C(C)(C)C)[C@@]1(C(=O)O)CC=CN1C(=O)O. The Morgan fingerprint density at radius 1 is 1.35 bits per heavy atom. The lowest BCUT2D eigenvalue weighted by molar-refractivity contribution is -0.154. The third-order valence-corrected chi connectivity index (χ3v) is 3.71. The van der Waals surface area contributed by atoms with Gasteiger partial charge in [-0.05, 0) is 11.3 Å². The highest BCUT2D eigenvalue weighted by Crippen LogP contribution is 2.43. The molecule has 0 bridgehead atoms. The normalized spacial score (nSPS) is 26.0. The standard InChI is InChI=1S/C12H19NO4/c1-8(11(2,3)4)12(9(14)15)6-5-7-13(12)10(16)17/h5,7-8H,6H2,1-4H3,(H,14,15)(H,16,17)/t8-,12-/m1/s1. The predicted molar refractivity (Wildman–Crippen MR) is 62.6 cm³/mol. The van der Waals surface area contributed by atoms with Gasteiger partial charge in [-0.15, -0.1) is 0 Å². The summed E-state index contributed by atoms with van der Waals surface area (Å²) in [5.41, 5.74) is -1.68.